The van der Waals surface area contributed by atoms with Crippen LogP contribution in [-0.4, -0.2) is 148 Å². The summed E-state index contributed by atoms with van der Waals surface area (Å²) < 4.78 is 71.6. The van der Waals surface area contributed by atoms with Gasteiger partial charge in [0.2, 0.25) is 0 Å². The van der Waals surface area contributed by atoms with Crippen molar-refractivity contribution >= 4 is 0 Å². The van der Waals surface area contributed by atoms with E-state index in [4.69, 9.17) is 56.8 Å². The van der Waals surface area contributed by atoms with Crippen LogP contribution in [0.3, 0.4) is 0 Å². The zero-order chi connectivity index (χ0) is 40.2. The lowest BCUT2D eigenvalue weighted by Gasteiger charge is -2.44. The molecule has 54 heavy (non-hydrogen) atoms. The molecule has 0 aromatic heterocycles. The minimum absolute atomic E-state index is 0.00347. The Morgan fingerprint density at radius 2 is 0.907 bits per heavy atom. The van der Waals surface area contributed by atoms with Gasteiger partial charge < -0.3 is 56.8 Å². The minimum Gasteiger partial charge on any atom is -0.376 e. The molecular formula is C42H78O12. The maximum atomic E-state index is 6.27. The van der Waals surface area contributed by atoms with E-state index in [0.29, 0.717) is 33.0 Å². The Labute approximate surface area is 327 Å². The molecular weight excluding hydrogens is 696 g/mol. The molecule has 0 amide bonds. The Kier molecular flexibility index (Phi) is 16.7. The summed E-state index contributed by atoms with van der Waals surface area (Å²) in [6.45, 7) is 36.6. The van der Waals surface area contributed by atoms with Crippen molar-refractivity contribution in [2.45, 2.75) is 226 Å². The van der Waals surface area contributed by atoms with Gasteiger partial charge >= 0.3 is 0 Å². The summed E-state index contributed by atoms with van der Waals surface area (Å²) in [6.07, 6.45) is 2.24. The molecule has 0 aliphatic carbocycles. The van der Waals surface area contributed by atoms with Gasteiger partial charge in [0.1, 0.15) is 53.4 Å². The van der Waals surface area contributed by atoms with Crippen molar-refractivity contribution in [2.75, 3.05) is 39.6 Å². The van der Waals surface area contributed by atoms with Crippen LogP contribution in [0, 0.1) is 5.92 Å². The van der Waals surface area contributed by atoms with Crippen molar-refractivity contribution in [3.63, 3.8) is 0 Å². The van der Waals surface area contributed by atoms with Crippen LogP contribution in [0.1, 0.15) is 117 Å². The predicted octanol–water partition coefficient (Wildman–Crippen LogP) is 6.31. The molecule has 0 radical (unpaired) electrons. The highest BCUT2D eigenvalue weighted by molar-refractivity contribution is 5.10. The van der Waals surface area contributed by atoms with Gasteiger partial charge in [-0.3, -0.25) is 0 Å². The summed E-state index contributed by atoms with van der Waals surface area (Å²) in [6, 6.07) is 0. The molecule has 6 heterocycles. The Morgan fingerprint density at radius 1 is 0.481 bits per heavy atom. The van der Waals surface area contributed by atoms with Crippen molar-refractivity contribution in [3.05, 3.63) is 0 Å². The van der Waals surface area contributed by atoms with E-state index in [1.54, 1.807) is 0 Å². The lowest BCUT2D eigenvalue weighted by atomic mass is 9.81. The first-order chi connectivity index (χ1) is 25.3. The number of hydrogen-bond acceptors (Lipinski definition) is 12. The number of ether oxygens (including phenoxy) is 12. The topological polar surface area (TPSA) is 111 Å². The molecule has 3 unspecified atom stereocenters. The minimum atomic E-state index is -0.404. The summed E-state index contributed by atoms with van der Waals surface area (Å²) in [5.74, 6) is 0.274. The summed E-state index contributed by atoms with van der Waals surface area (Å²) in [5, 5.41) is 0. The van der Waals surface area contributed by atoms with Crippen LogP contribution in [0.25, 0.3) is 0 Å². The normalized spacial score (nSPS) is 41.0. The Bertz CT molecular complexity index is 1120. The lowest BCUT2D eigenvalue weighted by Crippen LogP contribution is -2.59. The van der Waals surface area contributed by atoms with E-state index in [0.717, 1.165) is 13.0 Å². The van der Waals surface area contributed by atoms with Crippen LogP contribution in [0.5, 0.6) is 0 Å². The van der Waals surface area contributed by atoms with E-state index in [2.05, 4.69) is 62.3 Å². The second-order valence-corrected chi connectivity index (χ2v) is 18.0. The first kappa shape index (κ1) is 46.2. The van der Waals surface area contributed by atoms with Gasteiger partial charge in [0.05, 0.1) is 94.6 Å². The Balaban J connectivity index is 0.000000181. The van der Waals surface area contributed by atoms with Crippen molar-refractivity contribution in [1.29, 1.82) is 0 Å². The first-order valence-electron chi connectivity index (χ1n) is 20.9. The fourth-order valence-electron chi connectivity index (χ4n) is 8.48. The summed E-state index contributed by atoms with van der Waals surface area (Å²) in [4.78, 5) is 0. The van der Waals surface area contributed by atoms with E-state index in [1.807, 2.05) is 48.5 Å². The van der Waals surface area contributed by atoms with Gasteiger partial charge in [0.15, 0.2) is 0 Å². The van der Waals surface area contributed by atoms with Crippen molar-refractivity contribution in [2.24, 2.45) is 5.92 Å². The van der Waals surface area contributed by atoms with Crippen LogP contribution in [0.2, 0.25) is 0 Å². The molecule has 6 fully saturated rings. The van der Waals surface area contributed by atoms with Gasteiger partial charge in [-0.2, -0.15) is 0 Å². The van der Waals surface area contributed by atoms with E-state index >= 15 is 0 Å². The van der Waals surface area contributed by atoms with Gasteiger partial charge in [-0.1, -0.05) is 6.92 Å². The van der Waals surface area contributed by atoms with Gasteiger partial charge in [-0.05, 0) is 104 Å². The summed E-state index contributed by atoms with van der Waals surface area (Å²) >= 11 is 0. The van der Waals surface area contributed by atoms with Gasteiger partial charge in [0, 0.05) is 12.3 Å². The number of fused-ring (bicyclic) bond motifs is 6. The molecule has 6 saturated heterocycles. The van der Waals surface area contributed by atoms with Gasteiger partial charge in [0.25, 0.3) is 0 Å². The Morgan fingerprint density at radius 3 is 1.43 bits per heavy atom. The van der Waals surface area contributed by atoms with E-state index in [1.165, 1.54) is 0 Å². The maximum Gasteiger partial charge on any atom is 0.144 e. The number of hydrogen-bond donors (Lipinski definition) is 0. The highest BCUT2D eigenvalue weighted by Gasteiger charge is 2.63. The third kappa shape index (κ3) is 10.8. The third-order valence-corrected chi connectivity index (χ3v) is 11.0. The average Bonchev–Trinajstić information content (AvgIpc) is 3.63. The fourth-order valence-corrected chi connectivity index (χ4v) is 8.48. The van der Waals surface area contributed by atoms with Crippen LogP contribution >= 0.6 is 0 Å². The smallest absolute Gasteiger partial charge is 0.144 e. The summed E-state index contributed by atoms with van der Waals surface area (Å²) in [7, 11) is 0. The molecule has 0 N–H and O–H groups in total. The van der Waals surface area contributed by atoms with E-state index in [-0.39, 0.29) is 109 Å². The molecule has 318 valence electrons. The van der Waals surface area contributed by atoms with Crippen molar-refractivity contribution < 1.29 is 56.8 Å². The van der Waals surface area contributed by atoms with Crippen LogP contribution in [0.15, 0.2) is 0 Å². The zero-order valence-corrected chi connectivity index (χ0v) is 36.6. The molecule has 6 rings (SSSR count). The third-order valence-electron chi connectivity index (χ3n) is 11.0. The number of rotatable bonds is 15. The van der Waals surface area contributed by atoms with Crippen LogP contribution in [-0.2, 0) is 56.8 Å². The zero-order valence-electron chi connectivity index (χ0n) is 36.6. The highest BCUT2D eigenvalue weighted by Crippen LogP contribution is 2.46. The van der Waals surface area contributed by atoms with E-state index < -0.39 is 5.60 Å². The van der Waals surface area contributed by atoms with Gasteiger partial charge in [-0.15, -0.1) is 0 Å². The van der Waals surface area contributed by atoms with Crippen LogP contribution in [0.4, 0.5) is 0 Å². The Hall–Kier alpha value is -0.480. The van der Waals surface area contributed by atoms with Crippen molar-refractivity contribution in [1.82, 2.24) is 0 Å². The molecule has 12 heteroatoms. The second-order valence-electron chi connectivity index (χ2n) is 18.0. The molecule has 0 aromatic carbocycles. The van der Waals surface area contributed by atoms with Crippen LogP contribution < -0.4 is 0 Å². The molecule has 6 aliphatic rings. The largest absolute Gasteiger partial charge is 0.376 e. The standard InChI is InChI=1S/C15H28O4.C14H26O4.C13H24O4/c1-9(2)17-8-15-11(5)7-16-13(12(6)19-15)14(15)18-10(3)4;1-9(2)16-8-14-6-7-15-12(11(5)18-14)13(14)17-10(3)4;1-8(2)14-6-13-7-15-11(10(5)17-13)12(13)16-9(3)4/h9-14H,7-8H2,1-6H3;9-13H,6-8H2,1-5H3;8-12H,6-7H2,1-5H3/t11-,12+,13-,14?,15+;11-,12+,13?,14+;10-,11+,12?,13-/m100/s1. The first-order valence-corrected chi connectivity index (χ1v) is 20.9. The highest BCUT2D eigenvalue weighted by atomic mass is 16.7. The second kappa shape index (κ2) is 19.5. The molecule has 12 nitrogen and oxygen atoms in total. The quantitative estimate of drug-likeness (QED) is 0.186. The lowest BCUT2D eigenvalue weighted by molar-refractivity contribution is -0.210. The monoisotopic (exact) mass is 775 g/mol. The van der Waals surface area contributed by atoms with Crippen molar-refractivity contribution in [3.8, 4) is 0 Å². The SMILES string of the molecule is CC(C)OC[C@]12CCO[C@@H](C1OC(C)C)[C@H](C)O2.CC(C)OC[C@]12CO[C@@H](C1OC(C)C)[C@H](C)O2.CC(C)OC[C@]12O[C@@H](C)[C@@H](OC[C@H]1C)C2OC(C)C. The molecule has 0 saturated carbocycles. The molecule has 6 aliphatic heterocycles. The average molecular weight is 775 g/mol. The maximum absolute atomic E-state index is 6.27. The van der Waals surface area contributed by atoms with Gasteiger partial charge in [-0.25, -0.2) is 0 Å². The predicted molar refractivity (Wildman–Crippen MR) is 206 cm³/mol. The summed E-state index contributed by atoms with van der Waals surface area (Å²) in [5.41, 5.74) is -1.09. The van der Waals surface area contributed by atoms with E-state index in [9.17, 15) is 0 Å². The fraction of sp³-hybridized carbons (Fsp3) is 1.00. The molecule has 13 atom stereocenters. The molecule has 0 aromatic rings. The molecule has 0 spiro atoms. The molecule has 6 bridgehead atoms.